The van der Waals surface area contributed by atoms with Crippen molar-refractivity contribution in [2.45, 2.75) is 26.8 Å². The predicted octanol–water partition coefficient (Wildman–Crippen LogP) is 5.91. The van der Waals surface area contributed by atoms with E-state index in [1.54, 1.807) is 6.20 Å². The summed E-state index contributed by atoms with van der Waals surface area (Å²) in [5.41, 5.74) is 7.48. The number of nitrogens with one attached hydrogen (secondary N) is 2. The molecule has 3 heteroatoms. The fraction of sp³-hybridized carbons (Fsp3) is 0.208. The topological polar surface area (TPSA) is 37.0 Å². The van der Waals surface area contributed by atoms with Crippen LogP contribution in [0.1, 0.15) is 30.0 Å². The molecular formula is C24H27N3. The summed E-state index contributed by atoms with van der Waals surface area (Å²) in [6.45, 7) is 5.98. The molecule has 0 radical (unpaired) electrons. The van der Waals surface area contributed by atoms with Crippen molar-refractivity contribution in [3.8, 4) is 0 Å². The molecule has 1 aromatic heterocycles. The van der Waals surface area contributed by atoms with Gasteiger partial charge in [0, 0.05) is 36.9 Å². The molecule has 27 heavy (non-hydrogen) atoms. The number of hydrogen-bond donors (Lipinski definition) is 2. The maximum absolute atomic E-state index is 4.14. The Morgan fingerprint density at radius 2 is 1.67 bits per heavy atom. The SMILES string of the molecule is C/C=C(/CCNc1ccc(NCc2cccnc2)cc1)c1ccccc1C. The summed E-state index contributed by atoms with van der Waals surface area (Å²) < 4.78 is 0. The van der Waals surface area contributed by atoms with Crippen LogP contribution in [0.4, 0.5) is 11.4 Å². The first-order valence-electron chi connectivity index (χ1n) is 9.44. The quantitative estimate of drug-likeness (QED) is 0.526. The molecule has 138 valence electrons. The highest BCUT2D eigenvalue weighted by Gasteiger charge is 2.03. The van der Waals surface area contributed by atoms with Crippen molar-refractivity contribution in [3.05, 3.63) is 95.8 Å². The van der Waals surface area contributed by atoms with Gasteiger partial charge in [-0.05, 0) is 72.9 Å². The Labute approximate surface area is 162 Å². The molecule has 1 heterocycles. The Balaban J connectivity index is 1.49. The third kappa shape index (κ3) is 5.45. The first-order chi connectivity index (χ1) is 13.3. The van der Waals surface area contributed by atoms with Crippen LogP contribution in [-0.4, -0.2) is 11.5 Å². The second-order valence-corrected chi connectivity index (χ2v) is 6.60. The summed E-state index contributed by atoms with van der Waals surface area (Å²) in [6.07, 6.45) is 6.90. The largest absolute Gasteiger partial charge is 0.385 e. The number of hydrogen-bond acceptors (Lipinski definition) is 3. The number of anilines is 2. The highest BCUT2D eigenvalue weighted by molar-refractivity contribution is 5.68. The summed E-state index contributed by atoms with van der Waals surface area (Å²) in [5, 5.41) is 6.94. The average molecular weight is 358 g/mol. The van der Waals surface area contributed by atoms with Crippen molar-refractivity contribution >= 4 is 16.9 Å². The highest BCUT2D eigenvalue weighted by atomic mass is 14.9. The second-order valence-electron chi connectivity index (χ2n) is 6.60. The molecule has 0 bridgehead atoms. The van der Waals surface area contributed by atoms with Crippen LogP contribution < -0.4 is 10.6 Å². The van der Waals surface area contributed by atoms with Gasteiger partial charge in [-0.2, -0.15) is 0 Å². The standard InChI is InChI=1S/C24H27N3/c1-3-21(24-9-5-4-7-19(24)2)14-16-26-22-10-12-23(13-11-22)27-18-20-8-6-15-25-17-20/h3-13,15,17,26-27H,14,16,18H2,1-2H3/b21-3-. The summed E-state index contributed by atoms with van der Waals surface area (Å²) in [5.74, 6) is 0. The van der Waals surface area contributed by atoms with Gasteiger partial charge in [0.15, 0.2) is 0 Å². The summed E-state index contributed by atoms with van der Waals surface area (Å²) in [6, 6.07) is 21.1. The molecule has 0 saturated heterocycles. The Bertz CT molecular complexity index is 868. The van der Waals surface area contributed by atoms with E-state index in [0.29, 0.717) is 0 Å². The van der Waals surface area contributed by atoms with E-state index in [9.17, 15) is 0 Å². The van der Waals surface area contributed by atoms with E-state index in [-0.39, 0.29) is 0 Å². The van der Waals surface area contributed by atoms with Gasteiger partial charge in [-0.3, -0.25) is 4.98 Å². The monoisotopic (exact) mass is 357 g/mol. The van der Waals surface area contributed by atoms with Crippen LogP contribution in [0.3, 0.4) is 0 Å². The zero-order valence-electron chi connectivity index (χ0n) is 16.1. The molecule has 0 aliphatic carbocycles. The molecule has 0 amide bonds. The fourth-order valence-corrected chi connectivity index (χ4v) is 3.12. The highest BCUT2D eigenvalue weighted by Crippen LogP contribution is 2.22. The van der Waals surface area contributed by atoms with Crippen LogP contribution in [0.2, 0.25) is 0 Å². The smallest absolute Gasteiger partial charge is 0.0416 e. The molecule has 0 aliphatic rings. The Morgan fingerprint density at radius 3 is 2.33 bits per heavy atom. The summed E-state index contributed by atoms with van der Waals surface area (Å²) >= 11 is 0. The Kier molecular flexibility index (Phi) is 6.64. The van der Waals surface area contributed by atoms with Gasteiger partial charge in [0.25, 0.3) is 0 Å². The van der Waals surface area contributed by atoms with Crippen molar-refractivity contribution in [1.29, 1.82) is 0 Å². The van der Waals surface area contributed by atoms with Gasteiger partial charge in [0.05, 0.1) is 0 Å². The van der Waals surface area contributed by atoms with Crippen LogP contribution >= 0.6 is 0 Å². The van der Waals surface area contributed by atoms with Crippen LogP contribution in [0.25, 0.3) is 5.57 Å². The second kappa shape index (κ2) is 9.58. The van der Waals surface area contributed by atoms with Gasteiger partial charge in [-0.15, -0.1) is 0 Å². The average Bonchev–Trinajstić information content (AvgIpc) is 2.72. The Morgan fingerprint density at radius 1 is 0.926 bits per heavy atom. The lowest BCUT2D eigenvalue weighted by Crippen LogP contribution is -2.04. The number of nitrogens with zero attached hydrogens (tertiary/aromatic N) is 1. The van der Waals surface area contributed by atoms with Crippen molar-refractivity contribution < 1.29 is 0 Å². The first kappa shape index (κ1) is 18.7. The van der Waals surface area contributed by atoms with E-state index in [4.69, 9.17) is 0 Å². The molecule has 0 spiro atoms. The molecule has 0 atom stereocenters. The van der Waals surface area contributed by atoms with Gasteiger partial charge >= 0.3 is 0 Å². The van der Waals surface area contributed by atoms with Crippen molar-refractivity contribution in [1.82, 2.24) is 4.98 Å². The molecule has 3 aromatic rings. The lowest BCUT2D eigenvalue weighted by molar-refractivity contribution is 1.07. The summed E-state index contributed by atoms with van der Waals surface area (Å²) in [4.78, 5) is 4.14. The van der Waals surface area contributed by atoms with Crippen LogP contribution in [0, 0.1) is 6.92 Å². The zero-order valence-corrected chi connectivity index (χ0v) is 16.1. The minimum absolute atomic E-state index is 0.779. The minimum atomic E-state index is 0.779. The van der Waals surface area contributed by atoms with Gasteiger partial charge < -0.3 is 10.6 Å². The predicted molar refractivity (Wildman–Crippen MR) is 116 cm³/mol. The van der Waals surface area contributed by atoms with E-state index in [2.05, 4.69) is 90.1 Å². The maximum atomic E-state index is 4.14. The van der Waals surface area contributed by atoms with E-state index in [0.717, 1.165) is 30.9 Å². The van der Waals surface area contributed by atoms with Crippen molar-refractivity contribution in [2.75, 3.05) is 17.2 Å². The first-order valence-corrected chi connectivity index (χ1v) is 9.44. The minimum Gasteiger partial charge on any atom is -0.385 e. The molecule has 0 aliphatic heterocycles. The van der Waals surface area contributed by atoms with E-state index in [1.165, 1.54) is 22.3 Å². The fourth-order valence-electron chi connectivity index (χ4n) is 3.12. The lowest BCUT2D eigenvalue weighted by Gasteiger charge is -2.13. The number of rotatable bonds is 8. The van der Waals surface area contributed by atoms with Gasteiger partial charge in [0.2, 0.25) is 0 Å². The molecule has 0 fully saturated rings. The maximum Gasteiger partial charge on any atom is 0.0416 e. The van der Waals surface area contributed by atoms with Crippen LogP contribution in [-0.2, 0) is 6.54 Å². The van der Waals surface area contributed by atoms with E-state index < -0.39 is 0 Å². The van der Waals surface area contributed by atoms with Crippen LogP contribution in [0.15, 0.2) is 79.1 Å². The molecule has 3 nitrogen and oxygen atoms in total. The third-order valence-electron chi connectivity index (χ3n) is 4.67. The van der Waals surface area contributed by atoms with Crippen LogP contribution in [0.5, 0.6) is 0 Å². The molecule has 0 saturated carbocycles. The third-order valence-corrected chi connectivity index (χ3v) is 4.67. The van der Waals surface area contributed by atoms with E-state index in [1.807, 2.05) is 12.3 Å². The van der Waals surface area contributed by atoms with E-state index >= 15 is 0 Å². The number of benzene rings is 2. The zero-order chi connectivity index (χ0) is 18.9. The normalized spacial score (nSPS) is 11.3. The molecule has 3 rings (SSSR count). The molecule has 2 N–H and O–H groups in total. The number of pyridine rings is 1. The molecular weight excluding hydrogens is 330 g/mol. The number of aryl methyl sites for hydroxylation is 1. The Hall–Kier alpha value is -3.07. The van der Waals surface area contributed by atoms with Crippen molar-refractivity contribution in [3.63, 3.8) is 0 Å². The molecule has 2 aromatic carbocycles. The van der Waals surface area contributed by atoms with Gasteiger partial charge in [-0.25, -0.2) is 0 Å². The van der Waals surface area contributed by atoms with Gasteiger partial charge in [-0.1, -0.05) is 36.4 Å². The van der Waals surface area contributed by atoms with Gasteiger partial charge in [0.1, 0.15) is 0 Å². The summed E-state index contributed by atoms with van der Waals surface area (Å²) in [7, 11) is 0. The van der Waals surface area contributed by atoms with Crippen molar-refractivity contribution in [2.24, 2.45) is 0 Å². The number of allylic oxidation sites excluding steroid dienone is 1. The lowest BCUT2D eigenvalue weighted by atomic mass is 9.98. The molecule has 0 unspecified atom stereocenters. The number of aromatic nitrogens is 1.